The molecule has 0 saturated heterocycles. The Morgan fingerprint density at radius 1 is 1.20 bits per heavy atom. The van der Waals surface area contributed by atoms with Crippen molar-refractivity contribution in [3.05, 3.63) is 57.3 Å². The molecular weight excluding hydrogens is 369 g/mol. The zero-order valence-electron chi connectivity index (χ0n) is 10.3. The second-order valence-electron chi connectivity index (χ2n) is 4.16. The van der Waals surface area contributed by atoms with Gasteiger partial charge in [-0.05, 0) is 42.8 Å². The summed E-state index contributed by atoms with van der Waals surface area (Å²) < 4.78 is 40.8. The van der Waals surface area contributed by atoms with Gasteiger partial charge in [0.05, 0.1) is 10.7 Å². The Hall–Kier alpha value is -1.11. The fourth-order valence-electron chi connectivity index (χ4n) is 1.60. The van der Waals surface area contributed by atoms with Crippen LogP contribution in [0.2, 0.25) is 5.02 Å². The van der Waals surface area contributed by atoms with Crippen LogP contribution in [0.25, 0.3) is 0 Å². The van der Waals surface area contributed by atoms with Gasteiger partial charge in [-0.2, -0.15) is 0 Å². The van der Waals surface area contributed by atoms with E-state index in [9.17, 15) is 12.8 Å². The van der Waals surface area contributed by atoms with Crippen molar-refractivity contribution in [2.45, 2.75) is 11.8 Å². The summed E-state index contributed by atoms with van der Waals surface area (Å²) in [7, 11) is -4.03. The molecule has 106 valence electrons. The normalized spacial score (nSPS) is 11.4. The molecule has 0 saturated carbocycles. The van der Waals surface area contributed by atoms with Crippen LogP contribution in [0.1, 0.15) is 5.56 Å². The average Bonchev–Trinajstić information content (AvgIpc) is 2.32. The molecule has 0 radical (unpaired) electrons. The summed E-state index contributed by atoms with van der Waals surface area (Å²) in [5.74, 6) is -0.838. The fraction of sp³-hybridized carbons (Fsp3) is 0.0769. The topological polar surface area (TPSA) is 46.2 Å². The first-order valence-electron chi connectivity index (χ1n) is 5.53. The monoisotopic (exact) mass is 377 g/mol. The Bertz CT molecular complexity index is 765. The number of benzene rings is 2. The van der Waals surface area contributed by atoms with Crippen molar-refractivity contribution in [3.63, 3.8) is 0 Å². The van der Waals surface area contributed by atoms with E-state index in [1.165, 1.54) is 18.2 Å². The van der Waals surface area contributed by atoms with Gasteiger partial charge in [-0.1, -0.05) is 33.6 Å². The van der Waals surface area contributed by atoms with Crippen molar-refractivity contribution in [1.82, 2.24) is 0 Å². The molecule has 0 fully saturated rings. The van der Waals surface area contributed by atoms with E-state index in [1.54, 1.807) is 12.1 Å². The Morgan fingerprint density at radius 3 is 2.50 bits per heavy atom. The van der Waals surface area contributed by atoms with E-state index in [2.05, 4.69) is 20.7 Å². The van der Waals surface area contributed by atoms with Crippen molar-refractivity contribution in [2.75, 3.05) is 4.72 Å². The molecule has 0 spiro atoms. The lowest BCUT2D eigenvalue weighted by Crippen LogP contribution is -2.14. The predicted octanol–water partition coefficient (Wildman–Crippen LogP) is 4.35. The third-order valence-electron chi connectivity index (χ3n) is 2.55. The van der Waals surface area contributed by atoms with Crippen molar-refractivity contribution in [1.29, 1.82) is 0 Å². The standard InChI is InChI=1S/C13H10BrClFNO2S/c1-8-2-4-12(10(15)6-8)17-20(18,19)13-5-3-9(14)7-11(13)16/h2-7,17H,1H3. The molecule has 2 rings (SSSR count). The summed E-state index contributed by atoms with van der Waals surface area (Å²) in [6, 6.07) is 8.59. The quantitative estimate of drug-likeness (QED) is 0.863. The fourth-order valence-corrected chi connectivity index (χ4v) is 3.41. The van der Waals surface area contributed by atoms with E-state index in [-0.39, 0.29) is 10.7 Å². The summed E-state index contributed by atoms with van der Waals surface area (Å²) in [6.07, 6.45) is 0. The molecule has 0 atom stereocenters. The predicted molar refractivity (Wildman–Crippen MR) is 81.1 cm³/mol. The zero-order valence-corrected chi connectivity index (χ0v) is 13.5. The van der Waals surface area contributed by atoms with Gasteiger partial charge in [0.15, 0.2) is 0 Å². The Morgan fingerprint density at radius 2 is 1.90 bits per heavy atom. The zero-order chi connectivity index (χ0) is 14.9. The Kier molecular flexibility index (Phi) is 4.36. The smallest absolute Gasteiger partial charge is 0.264 e. The minimum absolute atomic E-state index is 0.208. The number of aryl methyl sites for hydroxylation is 1. The van der Waals surface area contributed by atoms with Crippen LogP contribution < -0.4 is 4.72 Å². The van der Waals surface area contributed by atoms with Crippen LogP contribution >= 0.6 is 27.5 Å². The molecular formula is C13H10BrClFNO2S. The van der Waals surface area contributed by atoms with E-state index in [1.807, 2.05) is 6.92 Å². The maximum atomic E-state index is 13.7. The highest BCUT2D eigenvalue weighted by atomic mass is 79.9. The SMILES string of the molecule is Cc1ccc(NS(=O)(=O)c2ccc(Br)cc2F)c(Cl)c1. The largest absolute Gasteiger partial charge is 0.278 e. The molecule has 0 aliphatic carbocycles. The van der Waals surface area contributed by atoms with Crippen molar-refractivity contribution in [3.8, 4) is 0 Å². The number of anilines is 1. The third kappa shape index (κ3) is 3.31. The first-order valence-corrected chi connectivity index (χ1v) is 8.19. The van der Waals surface area contributed by atoms with Crippen molar-refractivity contribution in [2.24, 2.45) is 0 Å². The summed E-state index contributed by atoms with van der Waals surface area (Å²) >= 11 is 9.03. The minimum atomic E-state index is -4.03. The highest BCUT2D eigenvalue weighted by Crippen LogP contribution is 2.27. The second kappa shape index (κ2) is 5.71. The maximum absolute atomic E-state index is 13.7. The first-order chi connectivity index (χ1) is 9.29. The molecule has 1 N–H and O–H groups in total. The van der Waals surface area contributed by atoms with Gasteiger partial charge < -0.3 is 0 Å². The average molecular weight is 379 g/mol. The molecule has 2 aromatic carbocycles. The van der Waals surface area contributed by atoms with Gasteiger partial charge in [0, 0.05) is 4.47 Å². The van der Waals surface area contributed by atoms with Crippen LogP contribution in [-0.2, 0) is 10.0 Å². The third-order valence-corrected chi connectivity index (χ3v) is 4.76. The summed E-state index contributed by atoms with van der Waals surface area (Å²) in [5, 5.41) is 0.256. The number of sulfonamides is 1. The minimum Gasteiger partial charge on any atom is -0.278 e. The van der Waals surface area contributed by atoms with Crippen LogP contribution in [0.4, 0.5) is 10.1 Å². The van der Waals surface area contributed by atoms with Crippen molar-refractivity contribution >= 4 is 43.2 Å². The lowest BCUT2D eigenvalue weighted by atomic mass is 10.2. The molecule has 0 aliphatic rings. The molecule has 0 amide bonds. The molecule has 0 heterocycles. The molecule has 20 heavy (non-hydrogen) atoms. The van der Waals surface area contributed by atoms with Crippen molar-refractivity contribution < 1.29 is 12.8 Å². The number of nitrogens with one attached hydrogen (secondary N) is 1. The van der Waals surface area contributed by atoms with Gasteiger partial charge in [-0.25, -0.2) is 12.8 Å². The highest BCUT2D eigenvalue weighted by molar-refractivity contribution is 9.10. The molecule has 7 heteroatoms. The van der Waals surface area contributed by atoms with Gasteiger partial charge in [0.25, 0.3) is 10.0 Å². The van der Waals surface area contributed by atoms with Gasteiger partial charge in [-0.3, -0.25) is 4.72 Å². The summed E-state index contributed by atoms with van der Waals surface area (Å²) in [5.41, 5.74) is 1.10. The molecule has 0 bridgehead atoms. The lowest BCUT2D eigenvalue weighted by molar-refractivity contribution is 0.570. The molecule has 3 nitrogen and oxygen atoms in total. The lowest BCUT2D eigenvalue weighted by Gasteiger charge is -2.11. The maximum Gasteiger partial charge on any atom is 0.264 e. The van der Waals surface area contributed by atoms with E-state index in [0.717, 1.165) is 11.6 Å². The van der Waals surface area contributed by atoms with Crippen LogP contribution in [-0.4, -0.2) is 8.42 Å². The van der Waals surface area contributed by atoms with Crippen LogP contribution in [0.5, 0.6) is 0 Å². The number of rotatable bonds is 3. The number of hydrogen-bond acceptors (Lipinski definition) is 2. The Labute approximate surface area is 130 Å². The first kappa shape index (κ1) is 15.3. The van der Waals surface area contributed by atoms with Gasteiger partial charge in [-0.15, -0.1) is 0 Å². The molecule has 2 aromatic rings. The van der Waals surface area contributed by atoms with Gasteiger partial charge in [0.1, 0.15) is 10.7 Å². The van der Waals surface area contributed by atoms with Crippen LogP contribution in [0.15, 0.2) is 45.8 Å². The second-order valence-corrected chi connectivity index (χ2v) is 7.14. The number of hydrogen-bond donors (Lipinski definition) is 1. The van der Waals surface area contributed by atoms with Gasteiger partial charge in [0.2, 0.25) is 0 Å². The molecule has 0 aliphatic heterocycles. The van der Waals surface area contributed by atoms with E-state index < -0.39 is 20.7 Å². The molecule has 0 aromatic heterocycles. The highest BCUT2D eigenvalue weighted by Gasteiger charge is 2.20. The van der Waals surface area contributed by atoms with Gasteiger partial charge >= 0.3 is 0 Å². The van der Waals surface area contributed by atoms with Crippen LogP contribution in [0.3, 0.4) is 0 Å². The molecule has 0 unspecified atom stereocenters. The van der Waals surface area contributed by atoms with E-state index in [0.29, 0.717) is 4.47 Å². The van der Waals surface area contributed by atoms with Crippen LogP contribution in [0, 0.1) is 12.7 Å². The van der Waals surface area contributed by atoms with E-state index >= 15 is 0 Å². The van der Waals surface area contributed by atoms with E-state index in [4.69, 9.17) is 11.6 Å². The number of halogens is 3. The Balaban J connectivity index is 2.41. The summed E-state index contributed by atoms with van der Waals surface area (Å²) in [4.78, 5) is -0.433. The summed E-state index contributed by atoms with van der Waals surface area (Å²) in [6.45, 7) is 1.83.